The molecule has 0 bridgehead atoms. The van der Waals surface area contributed by atoms with Crippen molar-refractivity contribution in [3.8, 4) is 11.6 Å². The van der Waals surface area contributed by atoms with Gasteiger partial charge < -0.3 is 20.2 Å². The van der Waals surface area contributed by atoms with Crippen LogP contribution in [-0.2, 0) is 6.54 Å². The van der Waals surface area contributed by atoms with E-state index < -0.39 is 6.10 Å². The molecule has 1 aromatic carbocycles. The maximum atomic E-state index is 14.9. The molecule has 6 rings (SSSR count). The number of benzene rings is 1. The molecular formula is C24H26FN9O2. The highest BCUT2D eigenvalue weighted by Gasteiger charge is 2.22. The van der Waals surface area contributed by atoms with Gasteiger partial charge in [-0.3, -0.25) is 4.90 Å². The lowest BCUT2D eigenvalue weighted by Gasteiger charge is -2.36. The Morgan fingerprint density at radius 2 is 1.92 bits per heavy atom. The van der Waals surface area contributed by atoms with Crippen LogP contribution in [0.15, 0.2) is 47.2 Å². The molecule has 0 aliphatic carbocycles. The number of aliphatic hydroxyl groups is 1. The summed E-state index contributed by atoms with van der Waals surface area (Å²) in [6, 6.07) is 8.75. The van der Waals surface area contributed by atoms with Crippen LogP contribution in [0.25, 0.3) is 28.3 Å². The third-order valence-corrected chi connectivity index (χ3v) is 6.64. The van der Waals surface area contributed by atoms with Gasteiger partial charge in [-0.2, -0.15) is 14.6 Å². The Labute approximate surface area is 205 Å². The van der Waals surface area contributed by atoms with Gasteiger partial charge in [0, 0.05) is 38.3 Å². The fraction of sp³-hybridized carbons (Fsp3) is 0.333. The van der Waals surface area contributed by atoms with Gasteiger partial charge >= 0.3 is 0 Å². The second-order valence-corrected chi connectivity index (χ2v) is 8.91. The average molecular weight is 492 g/mol. The zero-order valence-corrected chi connectivity index (χ0v) is 19.7. The molecule has 3 N–H and O–H groups in total. The summed E-state index contributed by atoms with van der Waals surface area (Å²) in [5.41, 5.74) is 8.27. The lowest BCUT2D eigenvalue weighted by molar-refractivity contribution is 0.194. The average Bonchev–Trinajstić information content (AvgIpc) is 3.63. The molecule has 0 radical (unpaired) electrons. The number of piperazine rings is 1. The summed E-state index contributed by atoms with van der Waals surface area (Å²) < 4.78 is 23.6. The first kappa shape index (κ1) is 22.4. The van der Waals surface area contributed by atoms with Crippen molar-refractivity contribution in [2.45, 2.75) is 19.6 Å². The Morgan fingerprint density at radius 1 is 1.08 bits per heavy atom. The van der Waals surface area contributed by atoms with Crippen molar-refractivity contribution in [2.75, 3.05) is 43.4 Å². The number of nitrogens with zero attached hydrogens (tertiary/aromatic N) is 8. The minimum Gasteiger partial charge on any atom is -0.461 e. The Morgan fingerprint density at radius 3 is 2.67 bits per heavy atom. The first-order valence-electron chi connectivity index (χ1n) is 11.8. The summed E-state index contributed by atoms with van der Waals surface area (Å²) in [7, 11) is 0. The topological polar surface area (TPSA) is 127 Å². The van der Waals surface area contributed by atoms with Gasteiger partial charge in [0.05, 0.1) is 36.2 Å². The molecule has 1 atom stereocenters. The smallest absolute Gasteiger partial charge is 0.225 e. The predicted molar refractivity (Wildman–Crippen MR) is 132 cm³/mol. The second-order valence-electron chi connectivity index (χ2n) is 8.91. The Kier molecular flexibility index (Phi) is 5.53. The molecule has 12 heteroatoms. The lowest BCUT2D eigenvalue weighted by atomic mass is 10.1. The number of aromatic nitrogens is 6. The van der Waals surface area contributed by atoms with Crippen LogP contribution in [0, 0.1) is 5.82 Å². The predicted octanol–water partition coefficient (Wildman–Crippen LogP) is 2.33. The Hall–Kier alpha value is -4.03. The lowest BCUT2D eigenvalue weighted by Crippen LogP contribution is -2.47. The van der Waals surface area contributed by atoms with Gasteiger partial charge in [0.1, 0.15) is 0 Å². The SMILES string of the molecule is CC(O)c1cccc(N2CCN(CCn3ncc4c3nc(N)n3nc(-c5ccco5)nc43)CC2)c1F. The number of halogens is 1. The number of hydrogen-bond donors (Lipinski definition) is 2. The molecule has 36 heavy (non-hydrogen) atoms. The highest BCUT2D eigenvalue weighted by Crippen LogP contribution is 2.27. The van der Waals surface area contributed by atoms with E-state index in [1.165, 1.54) is 4.52 Å². The second kappa shape index (κ2) is 8.88. The van der Waals surface area contributed by atoms with E-state index >= 15 is 0 Å². The van der Waals surface area contributed by atoms with Gasteiger partial charge in [0.2, 0.25) is 11.8 Å². The van der Waals surface area contributed by atoms with E-state index in [0.29, 0.717) is 53.8 Å². The van der Waals surface area contributed by atoms with E-state index in [1.807, 2.05) is 9.58 Å². The standard InChI is InChI=1S/C24H26FN9O2/c1-15(35)16-4-2-5-18(20(16)25)32-10-7-31(8-11-32)9-12-33-22-17(14-27-33)23-28-21(19-6-3-13-36-19)30-34(23)24(26)29-22/h2-6,13-15,35H,7-12H2,1H3,(H2,26,29). The molecule has 0 amide bonds. The summed E-state index contributed by atoms with van der Waals surface area (Å²) >= 11 is 0. The van der Waals surface area contributed by atoms with Crippen molar-refractivity contribution in [1.29, 1.82) is 0 Å². The summed E-state index contributed by atoms with van der Waals surface area (Å²) in [6.45, 7) is 5.92. The van der Waals surface area contributed by atoms with E-state index in [-0.39, 0.29) is 11.8 Å². The van der Waals surface area contributed by atoms with E-state index in [4.69, 9.17) is 10.2 Å². The van der Waals surface area contributed by atoms with Gasteiger partial charge in [-0.1, -0.05) is 12.1 Å². The number of aliphatic hydroxyl groups excluding tert-OH is 1. The number of furan rings is 1. The minimum atomic E-state index is -0.839. The Balaban J connectivity index is 1.16. The van der Waals surface area contributed by atoms with Crippen molar-refractivity contribution in [3.05, 3.63) is 54.2 Å². The van der Waals surface area contributed by atoms with Crippen LogP contribution < -0.4 is 10.6 Å². The summed E-state index contributed by atoms with van der Waals surface area (Å²) in [5.74, 6) is 0.861. The van der Waals surface area contributed by atoms with Gasteiger partial charge in [-0.15, -0.1) is 5.10 Å². The maximum Gasteiger partial charge on any atom is 0.225 e. The molecule has 1 unspecified atom stereocenters. The monoisotopic (exact) mass is 491 g/mol. The summed E-state index contributed by atoms with van der Waals surface area (Å²) in [6.07, 6.45) is 2.46. The highest BCUT2D eigenvalue weighted by molar-refractivity contribution is 5.90. The molecule has 1 saturated heterocycles. The number of hydrogen-bond acceptors (Lipinski definition) is 9. The fourth-order valence-corrected chi connectivity index (χ4v) is 4.68. The van der Waals surface area contributed by atoms with Gasteiger partial charge in [-0.05, 0) is 25.1 Å². The van der Waals surface area contributed by atoms with Crippen LogP contribution >= 0.6 is 0 Å². The van der Waals surface area contributed by atoms with E-state index in [0.717, 1.165) is 25.0 Å². The quantitative estimate of drug-likeness (QED) is 0.368. The van der Waals surface area contributed by atoms with Crippen LogP contribution in [0.2, 0.25) is 0 Å². The number of anilines is 2. The fourth-order valence-electron chi connectivity index (χ4n) is 4.68. The molecule has 4 aromatic heterocycles. The van der Waals surface area contributed by atoms with E-state index in [1.54, 1.807) is 49.7 Å². The number of nitrogens with two attached hydrogens (primary N) is 1. The molecule has 5 heterocycles. The normalized spacial score (nSPS) is 15.8. The third-order valence-electron chi connectivity index (χ3n) is 6.64. The maximum absolute atomic E-state index is 14.9. The molecule has 1 fully saturated rings. The van der Waals surface area contributed by atoms with Crippen LogP contribution in [-0.4, -0.2) is 72.1 Å². The van der Waals surface area contributed by atoms with Gasteiger partial charge in [0.25, 0.3) is 0 Å². The zero-order valence-electron chi connectivity index (χ0n) is 19.7. The van der Waals surface area contributed by atoms with Crippen molar-refractivity contribution in [2.24, 2.45) is 0 Å². The van der Waals surface area contributed by atoms with E-state index in [2.05, 4.69) is 25.1 Å². The first-order chi connectivity index (χ1) is 17.5. The molecule has 11 nitrogen and oxygen atoms in total. The van der Waals surface area contributed by atoms with Crippen LogP contribution in [0.5, 0.6) is 0 Å². The molecule has 186 valence electrons. The third kappa shape index (κ3) is 3.84. The molecular weight excluding hydrogens is 465 g/mol. The van der Waals surface area contributed by atoms with Crippen LogP contribution in [0.1, 0.15) is 18.6 Å². The molecule has 5 aromatic rings. The van der Waals surface area contributed by atoms with Gasteiger partial charge in [0.15, 0.2) is 22.9 Å². The van der Waals surface area contributed by atoms with Crippen molar-refractivity contribution < 1.29 is 13.9 Å². The van der Waals surface area contributed by atoms with Crippen molar-refractivity contribution in [1.82, 2.24) is 34.3 Å². The van der Waals surface area contributed by atoms with Crippen LogP contribution in [0.4, 0.5) is 16.0 Å². The summed E-state index contributed by atoms with van der Waals surface area (Å²) in [5, 5.41) is 19.5. The summed E-state index contributed by atoms with van der Waals surface area (Å²) in [4.78, 5) is 13.5. The molecule has 0 spiro atoms. The van der Waals surface area contributed by atoms with Crippen LogP contribution in [0.3, 0.4) is 0 Å². The highest BCUT2D eigenvalue weighted by atomic mass is 19.1. The van der Waals surface area contributed by atoms with Crippen molar-refractivity contribution >= 4 is 28.3 Å². The van der Waals surface area contributed by atoms with E-state index in [9.17, 15) is 9.50 Å². The minimum absolute atomic E-state index is 0.222. The largest absolute Gasteiger partial charge is 0.461 e. The van der Waals surface area contributed by atoms with Gasteiger partial charge in [-0.25, -0.2) is 14.1 Å². The Bertz CT molecular complexity index is 1520. The number of rotatable bonds is 6. The molecule has 1 aliphatic heterocycles. The zero-order chi connectivity index (χ0) is 24.8. The number of nitrogen functional groups attached to an aromatic ring is 1. The molecule has 0 saturated carbocycles. The number of fused-ring (bicyclic) bond motifs is 3. The first-order valence-corrected chi connectivity index (χ1v) is 11.8. The molecule has 1 aliphatic rings. The van der Waals surface area contributed by atoms with Crippen molar-refractivity contribution in [3.63, 3.8) is 0 Å².